The van der Waals surface area contributed by atoms with Gasteiger partial charge in [-0.3, -0.25) is 4.79 Å². The Balaban J connectivity index is 2.02. The quantitative estimate of drug-likeness (QED) is 0.859. The van der Waals surface area contributed by atoms with E-state index in [9.17, 15) is 4.79 Å². The number of thiophene rings is 1. The molecule has 7 heteroatoms. The van der Waals surface area contributed by atoms with Gasteiger partial charge in [-0.25, -0.2) is 4.98 Å². The molecule has 19 heavy (non-hydrogen) atoms. The van der Waals surface area contributed by atoms with E-state index in [4.69, 9.17) is 0 Å². The van der Waals surface area contributed by atoms with Crippen LogP contribution in [-0.4, -0.2) is 42.6 Å². The molecule has 2 aromatic rings. The van der Waals surface area contributed by atoms with Gasteiger partial charge in [-0.05, 0) is 11.4 Å². The number of carbonyl (C=O) groups is 1. The zero-order valence-electron chi connectivity index (χ0n) is 10.6. The molecular weight excluding hydrogens is 262 g/mol. The van der Waals surface area contributed by atoms with E-state index in [1.54, 1.807) is 11.3 Å². The maximum atomic E-state index is 11.4. The van der Waals surface area contributed by atoms with E-state index >= 15 is 0 Å². The number of anilines is 2. The zero-order chi connectivity index (χ0) is 13.2. The largest absolute Gasteiger partial charge is 0.357 e. The second-order valence-electron chi connectivity index (χ2n) is 4.35. The van der Waals surface area contributed by atoms with E-state index in [-0.39, 0.29) is 5.91 Å². The topological polar surface area (TPSA) is 70.2 Å². The van der Waals surface area contributed by atoms with Crippen molar-refractivity contribution in [3.63, 3.8) is 0 Å². The average molecular weight is 277 g/mol. The van der Waals surface area contributed by atoms with Crippen LogP contribution in [-0.2, 0) is 4.79 Å². The molecule has 0 aromatic carbocycles. The van der Waals surface area contributed by atoms with Crippen LogP contribution in [0.5, 0.6) is 0 Å². The Bertz CT molecular complexity index is 611. The lowest BCUT2D eigenvalue weighted by atomic mass is 10.3. The summed E-state index contributed by atoms with van der Waals surface area (Å²) in [5.74, 6) is 1.63. The van der Waals surface area contributed by atoms with Gasteiger partial charge in [-0.15, -0.1) is 11.3 Å². The molecule has 1 fully saturated rings. The fourth-order valence-corrected chi connectivity index (χ4v) is 2.93. The molecule has 0 unspecified atom stereocenters. The summed E-state index contributed by atoms with van der Waals surface area (Å²) in [4.78, 5) is 23.5. The normalized spacial score (nSPS) is 16.3. The third kappa shape index (κ3) is 2.33. The van der Waals surface area contributed by atoms with Gasteiger partial charge in [0.25, 0.3) is 0 Å². The molecule has 2 N–H and O–H groups in total. The third-order valence-corrected chi connectivity index (χ3v) is 3.95. The van der Waals surface area contributed by atoms with Gasteiger partial charge in [0.15, 0.2) is 0 Å². The van der Waals surface area contributed by atoms with E-state index in [0.717, 1.165) is 22.6 Å². The van der Waals surface area contributed by atoms with Crippen LogP contribution in [0.25, 0.3) is 10.2 Å². The van der Waals surface area contributed by atoms with Gasteiger partial charge in [0.05, 0.1) is 5.39 Å². The number of hydrogen-bond acceptors (Lipinski definition) is 6. The lowest BCUT2D eigenvalue weighted by molar-refractivity contribution is -0.120. The monoisotopic (exact) mass is 277 g/mol. The Kier molecular flexibility index (Phi) is 3.20. The minimum absolute atomic E-state index is 0.104. The predicted octanol–water partition coefficient (Wildman–Crippen LogP) is 1.06. The summed E-state index contributed by atoms with van der Waals surface area (Å²) < 4.78 is 0. The van der Waals surface area contributed by atoms with E-state index in [1.165, 1.54) is 0 Å². The van der Waals surface area contributed by atoms with E-state index in [1.807, 2.05) is 18.5 Å². The molecule has 3 rings (SSSR count). The van der Waals surface area contributed by atoms with E-state index < -0.39 is 0 Å². The molecule has 0 atom stereocenters. The van der Waals surface area contributed by atoms with Gasteiger partial charge in [0, 0.05) is 33.1 Å². The molecule has 3 heterocycles. The third-order valence-electron chi connectivity index (χ3n) is 3.14. The number of amides is 1. The van der Waals surface area contributed by atoms with Crippen LogP contribution in [0.4, 0.5) is 11.8 Å². The van der Waals surface area contributed by atoms with Crippen molar-refractivity contribution in [1.29, 1.82) is 0 Å². The summed E-state index contributed by atoms with van der Waals surface area (Å²) >= 11 is 1.60. The first kappa shape index (κ1) is 12.2. The van der Waals surface area contributed by atoms with Crippen LogP contribution in [0.1, 0.15) is 6.42 Å². The van der Waals surface area contributed by atoms with Crippen molar-refractivity contribution in [2.24, 2.45) is 0 Å². The van der Waals surface area contributed by atoms with Gasteiger partial charge >= 0.3 is 0 Å². The van der Waals surface area contributed by atoms with Crippen molar-refractivity contribution in [2.45, 2.75) is 6.42 Å². The minimum Gasteiger partial charge on any atom is -0.357 e. The summed E-state index contributed by atoms with van der Waals surface area (Å²) in [6.45, 7) is 2.12. The van der Waals surface area contributed by atoms with Crippen LogP contribution >= 0.6 is 11.3 Å². The zero-order valence-corrected chi connectivity index (χ0v) is 11.5. The molecule has 1 aliphatic heterocycles. The van der Waals surface area contributed by atoms with Crippen molar-refractivity contribution in [3.05, 3.63) is 11.4 Å². The second kappa shape index (κ2) is 5.00. The van der Waals surface area contributed by atoms with Crippen molar-refractivity contribution >= 4 is 39.2 Å². The summed E-state index contributed by atoms with van der Waals surface area (Å²) in [5, 5.41) is 8.94. The van der Waals surface area contributed by atoms with Crippen LogP contribution < -0.4 is 15.5 Å². The molecule has 1 amide bonds. The van der Waals surface area contributed by atoms with Crippen LogP contribution in [0, 0.1) is 0 Å². The summed E-state index contributed by atoms with van der Waals surface area (Å²) in [6.07, 6.45) is 0.504. The molecule has 6 nitrogen and oxygen atoms in total. The average Bonchev–Trinajstić information content (AvgIpc) is 2.79. The van der Waals surface area contributed by atoms with E-state index in [0.29, 0.717) is 25.5 Å². The fraction of sp³-hybridized carbons (Fsp3) is 0.417. The predicted molar refractivity (Wildman–Crippen MR) is 76.8 cm³/mol. The first-order valence-electron chi connectivity index (χ1n) is 6.22. The first-order chi connectivity index (χ1) is 9.28. The molecule has 2 aromatic heterocycles. The summed E-state index contributed by atoms with van der Waals surface area (Å²) in [7, 11) is 1.81. The highest BCUT2D eigenvalue weighted by Crippen LogP contribution is 2.29. The second-order valence-corrected chi connectivity index (χ2v) is 5.24. The first-order valence-corrected chi connectivity index (χ1v) is 7.10. The Morgan fingerprint density at radius 3 is 3.16 bits per heavy atom. The van der Waals surface area contributed by atoms with Crippen molar-refractivity contribution in [2.75, 3.05) is 36.9 Å². The summed E-state index contributed by atoms with van der Waals surface area (Å²) in [6, 6.07) is 2.04. The number of fused-ring (bicyclic) bond motifs is 1. The molecule has 1 saturated heterocycles. The SMILES string of the molecule is CNc1nc(N2CCNC(=O)CC2)c2ccsc2n1. The maximum absolute atomic E-state index is 11.4. The van der Waals surface area contributed by atoms with Crippen molar-refractivity contribution in [3.8, 4) is 0 Å². The molecule has 0 saturated carbocycles. The fourth-order valence-electron chi connectivity index (χ4n) is 2.17. The lowest BCUT2D eigenvalue weighted by Crippen LogP contribution is -2.29. The highest BCUT2D eigenvalue weighted by molar-refractivity contribution is 7.16. The Labute approximate surface area is 114 Å². The van der Waals surface area contributed by atoms with Crippen LogP contribution in [0.15, 0.2) is 11.4 Å². The molecule has 0 radical (unpaired) electrons. The smallest absolute Gasteiger partial charge is 0.225 e. The van der Waals surface area contributed by atoms with Crippen molar-refractivity contribution < 1.29 is 4.79 Å². The number of rotatable bonds is 2. The van der Waals surface area contributed by atoms with Crippen molar-refractivity contribution in [1.82, 2.24) is 15.3 Å². The highest BCUT2D eigenvalue weighted by Gasteiger charge is 2.18. The van der Waals surface area contributed by atoms with Gasteiger partial charge in [0.2, 0.25) is 11.9 Å². The molecule has 0 aliphatic carbocycles. The number of nitrogens with one attached hydrogen (secondary N) is 2. The molecule has 100 valence electrons. The van der Waals surface area contributed by atoms with Gasteiger partial charge in [-0.2, -0.15) is 4.98 Å². The van der Waals surface area contributed by atoms with Crippen LogP contribution in [0.3, 0.4) is 0 Å². The summed E-state index contributed by atoms with van der Waals surface area (Å²) in [5.41, 5.74) is 0. The number of nitrogens with zero attached hydrogens (tertiary/aromatic N) is 3. The number of aromatic nitrogens is 2. The number of hydrogen-bond donors (Lipinski definition) is 2. The molecule has 0 spiro atoms. The van der Waals surface area contributed by atoms with E-state index in [2.05, 4.69) is 25.5 Å². The molecular formula is C12H15N5OS. The Morgan fingerprint density at radius 2 is 2.32 bits per heavy atom. The Hall–Kier alpha value is -1.89. The van der Waals surface area contributed by atoms with Crippen LogP contribution in [0.2, 0.25) is 0 Å². The number of carbonyl (C=O) groups excluding carboxylic acids is 1. The molecule has 0 bridgehead atoms. The standard InChI is InChI=1S/C12H15N5OS/c1-13-12-15-10(8-3-7-19-11(8)16-12)17-5-2-9(18)14-4-6-17/h3,7H,2,4-6H2,1H3,(H,14,18)(H,13,15,16). The van der Waals surface area contributed by atoms with Gasteiger partial charge < -0.3 is 15.5 Å². The maximum Gasteiger partial charge on any atom is 0.225 e. The minimum atomic E-state index is 0.104. The molecule has 1 aliphatic rings. The Morgan fingerprint density at radius 1 is 1.42 bits per heavy atom. The lowest BCUT2D eigenvalue weighted by Gasteiger charge is -2.21. The van der Waals surface area contributed by atoms with Gasteiger partial charge in [-0.1, -0.05) is 0 Å². The van der Waals surface area contributed by atoms with Gasteiger partial charge in [0.1, 0.15) is 10.6 Å². The highest BCUT2D eigenvalue weighted by atomic mass is 32.1.